The van der Waals surface area contributed by atoms with E-state index in [9.17, 15) is 4.79 Å². The minimum absolute atomic E-state index is 0.0559. The molecule has 0 aliphatic heterocycles. The van der Waals surface area contributed by atoms with Crippen molar-refractivity contribution in [3.8, 4) is 0 Å². The van der Waals surface area contributed by atoms with Crippen molar-refractivity contribution < 1.29 is 9.21 Å². The Balaban J connectivity index is 2.54. The number of furan rings is 1. The molecule has 0 spiro atoms. The van der Waals surface area contributed by atoms with Crippen LogP contribution in [-0.2, 0) is 0 Å². The van der Waals surface area contributed by atoms with Crippen LogP contribution >= 0.6 is 15.9 Å². The smallest absolute Gasteiger partial charge is 0.254 e. The highest BCUT2D eigenvalue weighted by atomic mass is 79.9. The first-order valence-electron chi connectivity index (χ1n) is 5.09. The number of amides is 1. The fourth-order valence-corrected chi connectivity index (χ4v) is 1.89. The highest BCUT2D eigenvalue weighted by Crippen LogP contribution is 2.08. The van der Waals surface area contributed by atoms with Gasteiger partial charge in [-0.2, -0.15) is 0 Å². The molecule has 0 saturated heterocycles. The lowest BCUT2D eigenvalue weighted by Crippen LogP contribution is -2.34. The Bertz CT molecular complexity index is 322. The highest BCUT2D eigenvalue weighted by molar-refractivity contribution is 9.09. The Labute approximate surface area is 98.4 Å². The van der Waals surface area contributed by atoms with Crippen LogP contribution in [0.1, 0.15) is 35.9 Å². The lowest BCUT2D eigenvalue weighted by Gasteiger charge is -2.14. The zero-order valence-electron chi connectivity index (χ0n) is 9.05. The van der Waals surface area contributed by atoms with Crippen LogP contribution in [0.3, 0.4) is 0 Å². The maximum Gasteiger partial charge on any atom is 0.254 e. The van der Waals surface area contributed by atoms with Crippen molar-refractivity contribution in [1.82, 2.24) is 5.32 Å². The average Bonchev–Trinajstić information content (AvgIpc) is 2.64. The molecule has 0 aliphatic carbocycles. The largest absolute Gasteiger partial charge is 0.469 e. The molecule has 1 aromatic rings. The molecule has 0 saturated carbocycles. The first-order chi connectivity index (χ1) is 7.17. The number of alkyl halides is 1. The van der Waals surface area contributed by atoms with Crippen LogP contribution in [0.15, 0.2) is 16.7 Å². The summed E-state index contributed by atoms with van der Waals surface area (Å²) in [6.07, 6.45) is 3.37. The molecule has 84 valence electrons. The van der Waals surface area contributed by atoms with Gasteiger partial charge in [0.1, 0.15) is 12.0 Å². The van der Waals surface area contributed by atoms with E-state index in [1.807, 2.05) is 6.92 Å². The molecule has 0 radical (unpaired) electrons. The van der Waals surface area contributed by atoms with E-state index >= 15 is 0 Å². The third-order valence-electron chi connectivity index (χ3n) is 2.28. The van der Waals surface area contributed by atoms with Gasteiger partial charge in [-0.25, -0.2) is 0 Å². The van der Waals surface area contributed by atoms with Crippen molar-refractivity contribution in [2.75, 3.05) is 5.33 Å². The second-order valence-corrected chi connectivity index (χ2v) is 4.30. The Kier molecular flexibility index (Phi) is 4.88. The molecule has 0 aromatic carbocycles. The van der Waals surface area contributed by atoms with Crippen molar-refractivity contribution in [2.45, 2.75) is 32.7 Å². The number of nitrogens with one attached hydrogen (secondary N) is 1. The summed E-state index contributed by atoms with van der Waals surface area (Å²) in [4.78, 5) is 11.7. The van der Waals surface area contributed by atoms with Crippen LogP contribution in [0.25, 0.3) is 0 Å². The predicted molar refractivity (Wildman–Crippen MR) is 63.4 cm³/mol. The maximum absolute atomic E-state index is 11.7. The normalized spacial score (nSPS) is 12.5. The number of carbonyl (C=O) groups excluding carboxylic acids is 1. The van der Waals surface area contributed by atoms with Crippen LogP contribution in [0.5, 0.6) is 0 Å². The standard InChI is InChI=1S/C11H16BrNO2/c1-3-10(4-5-12)13-11(14)9-6-8(2)15-7-9/h6-7,10H,3-5H2,1-2H3,(H,13,14). The second kappa shape index (κ2) is 5.95. The quantitative estimate of drug-likeness (QED) is 0.839. The molecule has 4 heteroatoms. The van der Waals surface area contributed by atoms with E-state index in [0.29, 0.717) is 5.56 Å². The molecular weight excluding hydrogens is 258 g/mol. The monoisotopic (exact) mass is 273 g/mol. The van der Waals surface area contributed by atoms with Crippen molar-refractivity contribution in [3.63, 3.8) is 0 Å². The minimum atomic E-state index is -0.0559. The number of aryl methyl sites for hydroxylation is 1. The molecule has 15 heavy (non-hydrogen) atoms. The molecule has 0 bridgehead atoms. The van der Waals surface area contributed by atoms with Crippen LogP contribution in [0.4, 0.5) is 0 Å². The number of rotatable bonds is 5. The van der Waals surface area contributed by atoms with Crippen molar-refractivity contribution in [3.05, 3.63) is 23.7 Å². The summed E-state index contributed by atoms with van der Waals surface area (Å²) in [5, 5.41) is 3.87. The highest BCUT2D eigenvalue weighted by Gasteiger charge is 2.13. The minimum Gasteiger partial charge on any atom is -0.469 e. The summed E-state index contributed by atoms with van der Waals surface area (Å²) >= 11 is 3.37. The van der Waals surface area contributed by atoms with Crippen molar-refractivity contribution >= 4 is 21.8 Å². The summed E-state index contributed by atoms with van der Waals surface area (Å²) in [5.74, 6) is 0.702. The number of halogens is 1. The summed E-state index contributed by atoms with van der Waals surface area (Å²) < 4.78 is 5.09. The molecule has 1 aromatic heterocycles. The molecule has 0 fully saturated rings. The summed E-state index contributed by atoms with van der Waals surface area (Å²) in [6.45, 7) is 3.89. The van der Waals surface area contributed by atoms with E-state index in [4.69, 9.17) is 4.42 Å². The SMILES string of the molecule is CCC(CCBr)NC(=O)c1coc(C)c1. The van der Waals surface area contributed by atoms with Crippen LogP contribution in [-0.4, -0.2) is 17.3 Å². The summed E-state index contributed by atoms with van der Waals surface area (Å²) in [5.41, 5.74) is 0.598. The van der Waals surface area contributed by atoms with Gasteiger partial charge in [0, 0.05) is 11.4 Å². The van der Waals surface area contributed by atoms with Gasteiger partial charge in [0.05, 0.1) is 5.56 Å². The van der Waals surface area contributed by atoms with Gasteiger partial charge < -0.3 is 9.73 Å². The number of carbonyl (C=O) groups is 1. The first-order valence-corrected chi connectivity index (χ1v) is 6.21. The van der Waals surface area contributed by atoms with Gasteiger partial charge in [0.25, 0.3) is 5.91 Å². The van der Waals surface area contributed by atoms with Crippen molar-refractivity contribution in [1.29, 1.82) is 0 Å². The molecule has 3 nitrogen and oxygen atoms in total. The predicted octanol–water partition coefficient (Wildman–Crippen LogP) is 2.88. The lowest BCUT2D eigenvalue weighted by molar-refractivity contribution is 0.0934. The van der Waals surface area contributed by atoms with E-state index in [-0.39, 0.29) is 11.9 Å². The van der Waals surface area contributed by atoms with Gasteiger partial charge in [-0.05, 0) is 25.8 Å². The van der Waals surface area contributed by atoms with Gasteiger partial charge >= 0.3 is 0 Å². The Morgan fingerprint density at radius 2 is 2.40 bits per heavy atom. The van der Waals surface area contributed by atoms with Crippen LogP contribution < -0.4 is 5.32 Å². The molecular formula is C11H16BrNO2. The van der Waals surface area contributed by atoms with E-state index in [1.54, 1.807) is 6.07 Å². The van der Waals surface area contributed by atoms with Gasteiger partial charge in [0.2, 0.25) is 0 Å². The van der Waals surface area contributed by atoms with E-state index < -0.39 is 0 Å². The van der Waals surface area contributed by atoms with E-state index in [2.05, 4.69) is 28.2 Å². The first kappa shape index (κ1) is 12.3. The molecule has 1 heterocycles. The Morgan fingerprint density at radius 3 is 2.87 bits per heavy atom. The van der Waals surface area contributed by atoms with E-state index in [1.165, 1.54) is 6.26 Å². The molecule has 1 amide bonds. The van der Waals surface area contributed by atoms with Gasteiger partial charge in [-0.1, -0.05) is 22.9 Å². The average molecular weight is 274 g/mol. The van der Waals surface area contributed by atoms with Crippen LogP contribution in [0.2, 0.25) is 0 Å². The molecule has 0 aliphatic rings. The summed E-state index contributed by atoms with van der Waals surface area (Å²) in [6, 6.07) is 1.97. The molecule has 1 atom stereocenters. The fourth-order valence-electron chi connectivity index (χ4n) is 1.34. The van der Waals surface area contributed by atoms with Gasteiger partial charge in [0.15, 0.2) is 0 Å². The lowest BCUT2D eigenvalue weighted by atomic mass is 10.1. The van der Waals surface area contributed by atoms with Crippen molar-refractivity contribution in [2.24, 2.45) is 0 Å². The van der Waals surface area contributed by atoms with Gasteiger partial charge in [-0.15, -0.1) is 0 Å². The topological polar surface area (TPSA) is 42.2 Å². The molecule has 1 unspecified atom stereocenters. The third kappa shape index (κ3) is 3.70. The fraction of sp³-hybridized carbons (Fsp3) is 0.545. The Hall–Kier alpha value is -0.770. The maximum atomic E-state index is 11.7. The molecule has 1 N–H and O–H groups in total. The second-order valence-electron chi connectivity index (χ2n) is 3.50. The zero-order chi connectivity index (χ0) is 11.3. The number of hydrogen-bond donors (Lipinski definition) is 1. The number of hydrogen-bond acceptors (Lipinski definition) is 2. The van der Waals surface area contributed by atoms with Crippen LogP contribution in [0, 0.1) is 6.92 Å². The summed E-state index contributed by atoms with van der Waals surface area (Å²) in [7, 11) is 0. The van der Waals surface area contributed by atoms with Gasteiger partial charge in [-0.3, -0.25) is 4.79 Å². The zero-order valence-corrected chi connectivity index (χ0v) is 10.6. The third-order valence-corrected chi connectivity index (χ3v) is 2.74. The van der Waals surface area contributed by atoms with E-state index in [0.717, 1.165) is 23.9 Å². The molecule has 1 rings (SSSR count). The Morgan fingerprint density at radius 1 is 1.67 bits per heavy atom.